The lowest BCUT2D eigenvalue weighted by Crippen LogP contribution is -2.47. The highest BCUT2D eigenvalue weighted by atomic mass is 35.5. The van der Waals surface area contributed by atoms with Gasteiger partial charge in [0.05, 0.1) is 23.9 Å². The number of benzene rings is 3. The molecule has 0 aromatic heterocycles. The van der Waals surface area contributed by atoms with Gasteiger partial charge in [-0.05, 0) is 56.4 Å². The van der Waals surface area contributed by atoms with Gasteiger partial charge in [0.15, 0.2) is 28.4 Å². The van der Waals surface area contributed by atoms with Crippen molar-refractivity contribution in [2.75, 3.05) is 54.5 Å². The van der Waals surface area contributed by atoms with Crippen LogP contribution in [-0.2, 0) is 0 Å². The average Bonchev–Trinajstić information content (AvgIpc) is 2.96. The molecule has 7 nitrogen and oxygen atoms in total. The predicted molar refractivity (Wildman–Crippen MR) is 155 cm³/mol. The summed E-state index contributed by atoms with van der Waals surface area (Å²) in [6, 6.07) is 9.75. The molecular formula is C28H26ClF5N4O3S. The molecule has 3 aromatic carbocycles. The maximum Gasteiger partial charge on any atom is 0.257 e. The van der Waals surface area contributed by atoms with Gasteiger partial charge < -0.3 is 24.6 Å². The molecule has 42 heavy (non-hydrogen) atoms. The van der Waals surface area contributed by atoms with Crippen molar-refractivity contribution in [3.63, 3.8) is 0 Å². The third-order valence-corrected chi connectivity index (χ3v) is 6.83. The van der Waals surface area contributed by atoms with Crippen molar-refractivity contribution in [1.29, 1.82) is 0 Å². The molecule has 0 spiro atoms. The minimum Gasteiger partial charge on any atom is -0.494 e. The molecular weight excluding hydrogens is 603 g/mol. The van der Waals surface area contributed by atoms with Crippen LogP contribution in [0.2, 0.25) is 5.02 Å². The van der Waals surface area contributed by atoms with Gasteiger partial charge in [-0.15, -0.1) is 0 Å². The van der Waals surface area contributed by atoms with Crippen LogP contribution in [-0.4, -0.2) is 50.4 Å². The van der Waals surface area contributed by atoms with Crippen molar-refractivity contribution in [3.8, 4) is 11.5 Å². The Bertz CT molecular complexity index is 1450. The fourth-order valence-electron chi connectivity index (χ4n) is 4.42. The number of anilines is 3. The highest BCUT2D eigenvalue weighted by Gasteiger charge is 2.31. The summed E-state index contributed by atoms with van der Waals surface area (Å²) in [4.78, 5) is 15.7. The molecule has 224 valence electrons. The summed E-state index contributed by atoms with van der Waals surface area (Å²) in [5.41, 5.74) is 0.399. The number of rotatable bonds is 8. The molecule has 1 aliphatic rings. The van der Waals surface area contributed by atoms with Crippen LogP contribution in [0.4, 0.5) is 39.0 Å². The molecule has 1 fully saturated rings. The third-order valence-electron chi connectivity index (χ3n) is 6.32. The summed E-state index contributed by atoms with van der Waals surface area (Å²) in [7, 11) is 0. The number of piperazine rings is 1. The lowest BCUT2D eigenvalue weighted by Gasteiger charge is -2.38. The summed E-state index contributed by atoms with van der Waals surface area (Å²) in [6.45, 7) is 4.84. The van der Waals surface area contributed by atoms with E-state index in [2.05, 4.69) is 10.6 Å². The molecule has 1 aliphatic heterocycles. The van der Waals surface area contributed by atoms with E-state index in [1.165, 1.54) is 0 Å². The van der Waals surface area contributed by atoms with Crippen LogP contribution < -0.4 is 29.9 Å². The zero-order valence-corrected chi connectivity index (χ0v) is 24.1. The maximum atomic E-state index is 14.2. The number of halogens is 6. The first-order valence-electron chi connectivity index (χ1n) is 12.9. The number of hydrogen-bond donors (Lipinski definition) is 2. The molecule has 1 heterocycles. The van der Waals surface area contributed by atoms with Gasteiger partial charge in [-0.1, -0.05) is 11.6 Å². The van der Waals surface area contributed by atoms with Crippen LogP contribution in [0.1, 0.15) is 24.2 Å². The van der Waals surface area contributed by atoms with Crippen LogP contribution in [0.25, 0.3) is 0 Å². The number of carbonyl (C=O) groups is 1. The molecule has 2 N–H and O–H groups in total. The van der Waals surface area contributed by atoms with Gasteiger partial charge in [-0.3, -0.25) is 10.1 Å². The Morgan fingerprint density at radius 2 is 1.36 bits per heavy atom. The topological polar surface area (TPSA) is 66.1 Å². The van der Waals surface area contributed by atoms with Gasteiger partial charge in [0.25, 0.3) is 5.91 Å². The summed E-state index contributed by atoms with van der Waals surface area (Å²) in [5, 5.41) is 5.81. The van der Waals surface area contributed by atoms with Gasteiger partial charge in [0, 0.05) is 43.5 Å². The summed E-state index contributed by atoms with van der Waals surface area (Å²) >= 11 is 11.8. The Morgan fingerprint density at radius 1 is 0.833 bits per heavy atom. The Balaban J connectivity index is 1.39. The van der Waals surface area contributed by atoms with Crippen molar-refractivity contribution in [3.05, 3.63) is 76.1 Å². The third kappa shape index (κ3) is 6.79. The van der Waals surface area contributed by atoms with Crippen molar-refractivity contribution >= 4 is 51.9 Å². The van der Waals surface area contributed by atoms with Crippen LogP contribution in [0.15, 0.2) is 36.4 Å². The number of amides is 1. The molecule has 0 aliphatic carbocycles. The lowest BCUT2D eigenvalue weighted by molar-refractivity contribution is 0.0976. The van der Waals surface area contributed by atoms with Gasteiger partial charge in [-0.2, -0.15) is 0 Å². The minimum absolute atomic E-state index is 0.0136. The first kappa shape index (κ1) is 31.1. The molecule has 1 saturated heterocycles. The molecule has 0 bridgehead atoms. The van der Waals surface area contributed by atoms with Crippen LogP contribution in [0.5, 0.6) is 11.5 Å². The fourth-order valence-corrected chi connectivity index (χ4v) is 4.93. The van der Waals surface area contributed by atoms with E-state index in [-0.39, 0.29) is 36.9 Å². The zero-order chi connectivity index (χ0) is 30.6. The molecule has 3 aromatic rings. The number of nitrogens with zero attached hydrogens (tertiary/aromatic N) is 2. The van der Waals surface area contributed by atoms with E-state index >= 15 is 0 Å². The van der Waals surface area contributed by atoms with Crippen molar-refractivity contribution in [2.45, 2.75) is 13.8 Å². The normalized spacial score (nSPS) is 13.1. The Kier molecular flexibility index (Phi) is 9.94. The van der Waals surface area contributed by atoms with E-state index in [0.717, 1.165) is 4.90 Å². The molecule has 0 saturated carbocycles. The molecule has 0 radical (unpaired) electrons. The van der Waals surface area contributed by atoms with Gasteiger partial charge in [0.2, 0.25) is 5.82 Å². The monoisotopic (exact) mass is 628 g/mol. The predicted octanol–water partition coefficient (Wildman–Crippen LogP) is 6.29. The number of thiocarbonyl (C=S) groups is 1. The van der Waals surface area contributed by atoms with E-state index in [1.54, 1.807) is 36.4 Å². The zero-order valence-electron chi connectivity index (χ0n) is 22.5. The Labute approximate surface area is 249 Å². The van der Waals surface area contributed by atoms with Crippen molar-refractivity contribution in [1.82, 2.24) is 5.32 Å². The van der Waals surface area contributed by atoms with E-state index < -0.39 is 40.7 Å². The summed E-state index contributed by atoms with van der Waals surface area (Å²) in [5.74, 6) is -9.43. The van der Waals surface area contributed by atoms with Gasteiger partial charge >= 0.3 is 0 Å². The number of hydrogen-bond acceptors (Lipinski definition) is 6. The Morgan fingerprint density at radius 3 is 1.88 bits per heavy atom. The smallest absolute Gasteiger partial charge is 0.257 e. The highest BCUT2D eigenvalue weighted by Crippen LogP contribution is 2.33. The molecule has 4 rings (SSSR count). The second kappa shape index (κ2) is 13.4. The van der Waals surface area contributed by atoms with E-state index in [0.29, 0.717) is 41.1 Å². The minimum atomic E-state index is -2.20. The highest BCUT2D eigenvalue weighted by molar-refractivity contribution is 7.80. The van der Waals surface area contributed by atoms with Crippen LogP contribution in [0, 0.1) is 29.1 Å². The van der Waals surface area contributed by atoms with Crippen molar-refractivity contribution < 1.29 is 36.2 Å². The van der Waals surface area contributed by atoms with E-state index in [9.17, 15) is 26.7 Å². The fraction of sp³-hybridized carbons (Fsp3) is 0.286. The molecule has 0 atom stereocenters. The Hall–Kier alpha value is -3.84. The van der Waals surface area contributed by atoms with Gasteiger partial charge in [0.1, 0.15) is 17.2 Å². The molecule has 14 heteroatoms. The number of nitrogens with one attached hydrogen (secondary N) is 2. The van der Waals surface area contributed by atoms with E-state index in [1.807, 2.05) is 18.7 Å². The number of ether oxygens (including phenoxy) is 2. The molecule has 1 amide bonds. The standard InChI is InChI=1S/C28H26ClF5N4O3S/c1-3-40-17-11-15(12-18(14-17)41-4-2)27(39)36-28(42)35-16-5-6-20(19(29)13-16)37-7-9-38(10-8-37)26-24(33)22(31)21(30)23(32)25(26)34/h5-6,11-14H,3-4,7-10H2,1-2H3,(H2,35,36,39,42). The first-order valence-corrected chi connectivity index (χ1v) is 13.7. The van der Waals surface area contributed by atoms with Gasteiger partial charge in [-0.25, -0.2) is 22.0 Å². The number of carbonyl (C=O) groups excluding carboxylic acids is 1. The van der Waals surface area contributed by atoms with E-state index in [4.69, 9.17) is 33.3 Å². The largest absolute Gasteiger partial charge is 0.494 e. The van der Waals surface area contributed by atoms with Crippen LogP contribution in [0.3, 0.4) is 0 Å². The second-order valence-corrected chi connectivity index (χ2v) is 9.84. The lowest BCUT2D eigenvalue weighted by atomic mass is 10.2. The SMILES string of the molecule is CCOc1cc(OCC)cc(C(=O)NC(=S)Nc2ccc(N3CCN(c4c(F)c(F)c(F)c(F)c4F)CC3)c(Cl)c2)c1. The first-order chi connectivity index (χ1) is 20.0. The second-order valence-electron chi connectivity index (χ2n) is 9.03. The summed E-state index contributed by atoms with van der Waals surface area (Å²) in [6.07, 6.45) is 0. The quantitative estimate of drug-likeness (QED) is 0.132. The summed E-state index contributed by atoms with van der Waals surface area (Å²) < 4.78 is 80.2. The molecule has 0 unspecified atom stereocenters. The maximum absolute atomic E-state index is 14.2. The average molecular weight is 629 g/mol. The van der Waals surface area contributed by atoms with Crippen LogP contribution >= 0.6 is 23.8 Å². The van der Waals surface area contributed by atoms with Crippen molar-refractivity contribution in [2.24, 2.45) is 0 Å².